The molecule has 21 heavy (non-hydrogen) atoms. The van der Waals surface area contributed by atoms with Crippen LogP contribution in [0.5, 0.6) is 0 Å². The summed E-state index contributed by atoms with van der Waals surface area (Å²) in [5.41, 5.74) is 2.64. The largest absolute Gasteiger partial charge is 0.312 e. The molecule has 1 atom stereocenters. The highest BCUT2D eigenvalue weighted by Crippen LogP contribution is 2.17. The van der Waals surface area contributed by atoms with Crippen molar-refractivity contribution in [3.63, 3.8) is 0 Å². The van der Waals surface area contributed by atoms with Crippen LogP contribution in [0.2, 0.25) is 0 Å². The smallest absolute Gasteiger partial charge is 0.147 e. The maximum atomic E-state index is 11.4. The average Bonchev–Trinajstić information content (AvgIpc) is 2.33. The molecule has 0 fully saturated rings. The number of rotatable bonds is 7. The molecule has 0 amide bonds. The molecule has 0 aromatic heterocycles. The van der Waals surface area contributed by atoms with Gasteiger partial charge < -0.3 is 5.32 Å². The van der Waals surface area contributed by atoms with Crippen molar-refractivity contribution in [1.82, 2.24) is 5.32 Å². The molecule has 3 nitrogen and oxygen atoms in total. The minimum atomic E-state index is -2.90. The fourth-order valence-corrected chi connectivity index (χ4v) is 3.02. The highest BCUT2D eigenvalue weighted by atomic mass is 32.2. The first-order valence-electron chi connectivity index (χ1n) is 7.54. The molecule has 0 bridgehead atoms. The zero-order chi connectivity index (χ0) is 16.1. The predicted molar refractivity (Wildman–Crippen MR) is 90.5 cm³/mol. The lowest BCUT2D eigenvalue weighted by molar-refractivity contribution is 0.363. The second-order valence-corrected chi connectivity index (χ2v) is 9.31. The molecule has 0 aliphatic carbocycles. The van der Waals surface area contributed by atoms with E-state index in [9.17, 15) is 8.42 Å². The Morgan fingerprint density at radius 1 is 1.19 bits per heavy atom. The lowest BCUT2D eigenvalue weighted by Gasteiger charge is -2.25. The van der Waals surface area contributed by atoms with Crippen LogP contribution in [-0.2, 0) is 16.3 Å². The van der Waals surface area contributed by atoms with Crippen molar-refractivity contribution in [2.45, 2.75) is 46.1 Å². The van der Waals surface area contributed by atoms with Crippen molar-refractivity contribution in [3.8, 4) is 0 Å². The summed E-state index contributed by atoms with van der Waals surface area (Å²) in [4.78, 5) is 0. The molecule has 4 heteroatoms. The topological polar surface area (TPSA) is 46.2 Å². The second kappa shape index (κ2) is 7.41. The number of nitrogens with one attached hydrogen (secondary N) is 1. The Kier molecular flexibility index (Phi) is 6.41. The fourth-order valence-electron chi connectivity index (χ4n) is 2.26. The highest BCUT2D eigenvalue weighted by molar-refractivity contribution is 7.90. The van der Waals surface area contributed by atoms with E-state index in [-0.39, 0.29) is 11.3 Å². The normalized spacial score (nSPS) is 14.1. The van der Waals surface area contributed by atoms with E-state index in [2.05, 4.69) is 45.1 Å². The summed E-state index contributed by atoms with van der Waals surface area (Å²) in [6, 6.07) is 8.34. The van der Waals surface area contributed by atoms with Gasteiger partial charge in [0.2, 0.25) is 0 Å². The monoisotopic (exact) mass is 311 g/mol. The summed E-state index contributed by atoms with van der Waals surface area (Å²) >= 11 is 0. The minimum absolute atomic E-state index is 0.0507. The van der Waals surface area contributed by atoms with Gasteiger partial charge in [0.15, 0.2) is 0 Å². The number of hydrogen-bond acceptors (Lipinski definition) is 3. The summed E-state index contributed by atoms with van der Waals surface area (Å²) in [6.07, 6.45) is 2.94. The Balaban J connectivity index is 2.73. The SMILES string of the molecule is Cc1ccccc1CC(CCS(C)(=O)=O)CNC(C)(C)C. The molecule has 1 unspecified atom stereocenters. The van der Waals surface area contributed by atoms with E-state index < -0.39 is 9.84 Å². The Bertz CT molecular complexity index is 544. The van der Waals surface area contributed by atoms with E-state index >= 15 is 0 Å². The zero-order valence-corrected chi connectivity index (χ0v) is 14.8. The van der Waals surface area contributed by atoms with Crippen molar-refractivity contribution in [2.24, 2.45) is 5.92 Å². The second-order valence-electron chi connectivity index (χ2n) is 7.05. The number of hydrogen-bond donors (Lipinski definition) is 1. The van der Waals surface area contributed by atoms with Gasteiger partial charge in [-0.05, 0) is 64.1 Å². The van der Waals surface area contributed by atoms with Gasteiger partial charge in [0.25, 0.3) is 0 Å². The van der Waals surface area contributed by atoms with Crippen LogP contribution < -0.4 is 5.32 Å². The van der Waals surface area contributed by atoms with Crippen molar-refractivity contribution in [2.75, 3.05) is 18.6 Å². The maximum Gasteiger partial charge on any atom is 0.147 e. The molecule has 1 rings (SSSR count). The zero-order valence-electron chi connectivity index (χ0n) is 13.9. The summed E-state index contributed by atoms with van der Waals surface area (Å²) < 4.78 is 22.9. The number of benzene rings is 1. The molecule has 0 radical (unpaired) electrons. The summed E-state index contributed by atoms with van der Waals surface area (Å²) in [5.74, 6) is 0.593. The summed E-state index contributed by atoms with van der Waals surface area (Å²) in [7, 11) is -2.90. The third-order valence-electron chi connectivity index (χ3n) is 3.59. The van der Waals surface area contributed by atoms with Crippen molar-refractivity contribution in [3.05, 3.63) is 35.4 Å². The fraction of sp³-hybridized carbons (Fsp3) is 0.647. The van der Waals surface area contributed by atoms with Gasteiger partial charge in [0.05, 0.1) is 5.75 Å². The summed E-state index contributed by atoms with van der Waals surface area (Å²) in [5, 5.41) is 3.50. The van der Waals surface area contributed by atoms with Gasteiger partial charge in [-0.15, -0.1) is 0 Å². The van der Waals surface area contributed by atoms with E-state index in [1.807, 2.05) is 12.1 Å². The van der Waals surface area contributed by atoms with Crippen molar-refractivity contribution in [1.29, 1.82) is 0 Å². The molecule has 0 saturated heterocycles. The van der Waals surface area contributed by atoms with Crippen molar-refractivity contribution < 1.29 is 8.42 Å². The van der Waals surface area contributed by atoms with Crippen LogP contribution in [0.15, 0.2) is 24.3 Å². The Morgan fingerprint density at radius 3 is 2.33 bits per heavy atom. The van der Waals surface area contributed by atoms with Crippen LogP contribution >= 0.6 is 0 Å². The number of sulfone groups is 1. The molecule has 0 spiro atoms. The van der Waals surface area contributed by atoms with Gasteiger partial charge in [-0.25, -0.2) is 8.42 Å². The van der Waals surface area contributed by atoms with Crippen LogP contribution in [0.1, 0.15) is 38.3 Å². The molecule has 1 aromatic rings. The van der Waals surface area contributed by atoms with E-state index in [0.717, 1.165) is 13.0 Å². The Labute approximate surface area is 130 Å². The molecular weight excluding hydrogens is 282 g/mol. The summed E-state index contributed by atoms with van der Waals surface area (Å²) in [6.45, 7) is 9.35. The molecule has 1 aromatic carbocycles. The Hall–Kier alpha value is -0.870. The van der Waals surface area contributed by atoms with Crippen molar-refractivity contribution >= 4 is 9.84 Å². The van der Waals surface area contributed by atoms with E-state index in [4.69, 9.17) is 0 Å². The molecule has 1 N–H and O–H groups in total. The van der Waals surface area contributed by atoms with Crippen LogP contribution in [-0.4, -0.2) is 32.5 Å². The molecule has 0 aliphatic heterocycles. The van der Waals surface area contributed by atoms with Crippen LogP contribution in [0, 0.1) is 12.8 Å². The highest BCUT2D eigenvalue weighted by Gasteiger charge is 2.17. The van der Waals surface area contributed by atoms with Gasteiger partial charge in [0.1, 0.15) is 9.84 Å². The van der Waals surface area contributed by atoms with Crippen LogP contribution in [0.25, 0.3) is 0 Å². The lowest BCUT2D eigenvalue weighted by Crippen LogP contribution is -2.40. The third kappa shape index (κ3) is 8.22. The molecule has 120 valence electrons. The predicted octanol–water partition coefficient (Wildman–Crippen LogP) is 2.98. The van der Waals surface area contributed by atoms with Gasteiger partial charge >= 0.3 is 0 Å². The molecule has 0 aliphatic rings. The maximum absolute atomic E-state index is 11.4. The van der Waals surface area contributed by atoms with Gasteiger partial charge in [0, 0.05) is 11.8 Å². The quantitative estimate of drug-likeness (QED) is 0.842. The first kappa shape index (κ1) is 18.2. The third-order valence-corrected chi connectivity index (χ3v) is 4.57. The first-order valence-corrected chi connectivity index (χ1v) is 9.60. The molecular formula is C17H29NO2S. The first-order chi connectivity index (χ1) is 9.57. The average molecular weight is 311 g/mol. The molecule has 0 saturated carbocycles. The van der Waals surface area contributed by atoms with Gasteiger partial charge in [-0.3, -0.25) is 0 Å². The van der Waals surface area contributed by atoms with E-state index in [1.54, 1.807) is 0 Å². The van der Waals surface area contributed by atoms with Crippen LogP contribution in [0.4, 0.5) is 0 Å². The van der Waals surface area contributed by atoms with E-state index in [1.165, 1.54) is 17.4 Å². The van der Waals surface area contributed by atoms with Crippen LogP contribution in [0.3, 0.4) is 0 Å². The lowest BCUT2D eigenvalue weighted by atomic mass is 9.93. The standard InChI is InChI=1S/C17H29NO2S/c1-14-8-6-7-9-16(14)12-15(10-11-21(5,19)20)13-18-17(2,3)4/h6-9,15,18H,10-13H2,1-5H3. The molecule has 0 heterocycles. The van der Waals surface area contributed by atoms with Gasteiger partial charge in [-0.2, -0.15) is 0 Å². The number of aryl methyl sites for hydroxylation is 1. The minimum Gasteiger partial charge on any atom is -0.312 e. The van der Waals surface area contributed by atoms with E-state index in [0.29, 0.717) is 12.3 Å². The Morgan fingerprint density at radius 2 is 1.81 bits per heavy atom. The van der Waals surface area contributed by atoms with Gasteiger partial charge in [-0.1, -0.05) is 24.3 Å².